The van der Waals surface area contributed by atoms with Crippen LogP contribution < -0.4 is 15.0 Å². The van der Waals surface area contributed by atoms with E-state index in [1.807, 2.05) is 42.5 Å². The zero-order chi connectivity index (χ0) is 21.8. The molecule has 0 unspecified atom stereocenters. The van der Waals surface area contributed by atoms with Gasteiger partial charge >= 0.3 is 0 Å². The monoisotopic (exact) mass is 436 g/mol. The highest BCUT2D eigenvalue weighted by Crippen LogP contribution is 2.29. The predicted molar refractivity (Wildman–Crippen MR) is 121 cm³/mol. The SMILES string of the molecule is COc1ccc(Cn2c(SCc3cccc(F)c3)nc3ccccc3c2=O)cc1OC. The predicted octanol–water partition coefficient (Wildman–Crippen LogP) is 4.89. The van der Waals surface area contributed by atoms with Gasteiger partial charge in [-0.1, -0.05) is 42.1 Å². The molecule has 4 rings (SSSR count). The highest BCUT2D eigenvalue weighted by molar-refractivity contribution is 7.98. The molecule has 0 fully saturated rings. The molecule has 0 N–H and O–H groups in total. The minimum Gasteiger partial charge on any atom is -0.493 e. The molecule has 158 valence electrons. The van der Waals surface area contributed by atoms with Crippen LogP contribution in [-0.4, -0.2) is 23.8 Å². The Balaban J connectivity index is 1.74. The quantitative estimate of drug-likeness (QED) is 0.305. The molecular weight excluding hydrogens is 415 g/mol. The molecule has 0 aliphatic heterocycles. The number of nitrogens with zero attached hydrogens (tertiary/aromatic N) is 2. The molecule has 1 heterocycles. The lowest BCUT2D eigenvalue weighted by Gasteiger charge is -2.15. The Morgan fingerprint density at radius 2 is 1.74 bits per heavy atom. The summed E-state index contributed by atoms with van der Waals surface area (Å²) in [5, 5.41) is 1.13. The average Bonchev–Trinajstić information content (AvgIpc) is 2.79. The summed E-state index contributed by atoms with van der Waals surface area (Å²) in [5.74, 6) is 1.42. The molecule has 0 bridgehead atoms. The lowest BCUT2D eigenvalue weighted by molar-refractivity contribution is 0.354. The molecule has 0 radical (unpaired) electrons. The molecule has 0 saturated carbocycles. The van der Waals surface area contributed by atoms with E-state index < -0.39 is 0 Å². The minimum atomic E-state index is -0.285. The van der Waals surface area contributed by atoms with Crippen LogP contribution in [0.3, 0.4) is 0 Å². The topological polar surface area (TPSA) is 53.4 Å². The van der Waals surface area contributed by atoms with Gasteiger partial charge in [0.25, 0.3) is 5.56 Å². The van der Waals surface area contributed by atoms with Gasteiger partial charge in [0.05, 0.1) is 31.7 Å². The largest absolute Gasteiger partial charge is 0.493 e. The molecule has 0 atom stereocenters. The molecular formula is C24H21FN2O3S. The van der Waals surface area contributed by atoms with Crippen molar-refractivity contribution in [2.45, 2.75) is 17.5 Å². The average molecular weight is 437 g/mol. The van der Waals surface area contributed by atoms with Crippen molar-refractivity contribution < 1.29 is 13.9 Å². The number of benzene rings is 3. The first-order chi connectivity index (χ1) is 15.1. The van der Waals surface area contributed by atoms with Crippen LogP contribution in [0.25, 0.3) is 10.9 Å². The van der Waals surface area contributed by atoms with E-state index in [1.54, 1.807) is 30.9 Å². The van der Waals surface area contributed by atoms with E-state index in [9.17, 15) is 9.18 Å². The Kier molecular flexibility index (Phi) is 6.23. The highest BCUT2D eigenvalue weighted by Gasteiger charge is 2.14. The Bertz CT molecular complexity index is 1290. The lowest BCUT2D eigenvalue weighted by atomic mass is 10.2. The van der Waals surface area contributed by atoms with Crippen LogP contribution >= 0.6 is 11.8 Å². The smallest absolute Gasteiger partial charge is 0.262 e. The van der Waals surface area contributed by atoms with E-state index in [0.29, 0.717) is 39.9 Å². The second kappa shape index (κ2) is 9.22. The Hall–Kier alpha value is -3.32. The van der Waals surface area contributed by atoms with E-state index in [4.69, 9.17) is 14.5 Å². The number of hydrogen-bond donors (Lipinski definition) is 0. The van der Waals surface area contributed by atoms with Crippen molar-refractivity contribution in [1.82, 2.24) is 9.55 Å². The van der Waals surface area contributed by atoms with Gasteiger partial charge in [0.2, 0.25) is 0 Å². The standard InChI is InChI=1S/C24H21FN2O3S/c1-29-21-11-10-16(13-22(21)30-2)14-27-23(28)19-8-3-4-9-20(19)26-24(27)31-15-17-6-5-7-18(25)12-17/h3-13H,14-15H2,1-2H3. The fourth-order valence-corrected chi connectivity index (χ4v) is 4.27. The van der Waals surface area contributed by atoms with Crippen LogP contribution in [0.2, 0.25) is 0 Å². The zero-order valence-electron chi connectivity index (χ0n) is 17.2. The molecule has 0 aliphatic rings. The summed E-state index contributed by atoms with van der Waals surface area (Å²) in [5.41, 5.74) is 2.22. The van der Waals surface area contributed by atoms with Crippen molar-refractivity contribution in [3.8, 4) is 11.5 Å². The van der Waals surface area contributed by atoms with E-state index in [-0.39, 0.29) is 11.4 Å². The molecule has 5 nitrogen and oxygen atoms in total. The second-order valence-corrected chi connectivity index (χ2v) is 7.85. The molecule has 0 aliphatic carbocycles. The number of rotatable bonds is 7. The molecule has 0 saturated heterocycles. The first kappa shape index (κ1) is 20.9. The first-order valence-electron chi connectivity index (χ1n) is 9.67. The fourth-order valence-electron chi connectivity index (χ4n) is 3.33. The summed E-state index contributed by atoms with van der Waals surface area (Å²) in [6.45, 7) is 0.322. The summed E-state index contributed by atoms with van der Waals surface area (Å²) in [7, 11) is 3.15. The Morgan fingerprint density at radius 3 is 2.52 bits per heavy atom. The molecule has 1 aromatic heterocycles. The minimum absolute atomic E-state index is 0.123. The second-order valence-electron chi connectivity index (χ2n) is 6.91. The van der Waals surface area contributed by atoms with Gasteiger partial charge in [0, 0.05) is 5.75 Å². The maximum absolute atomic E-state index is 13.6. The lowest BCUT2D eigenvalue weighted by Crippen LogP contribution is -2.24. The summed E-state index contributed by atoms with van der Waals surface area (Å²) in [4.78, 5) is 18.0. The number of halogens is 1. The van der Waals surface area contributed by atoms with Crippen molar-refractivity contribution in [2.75, 3.05) is 14.2 Å². The van der Waals surface area contributed by atoms with Crippen molar-refractivity contribution in [3.05, 3.63) is 94.0 Å². The highest BCUT2D eigenvalue weighted by atomic mass is 32.2. The van der Waals surface area contributed by atoms with Crippen LogP contribution in [0.5, 0.6) is 11.5 Å². The van der Waals surface area contributed by atoms with Gasteiger partial charge in [-0.25, -0.2) is 9.37 Å². The van der Waals surface area contributed by atoms with E-state index >= 15 is 0 Å². The van der Waals surface area contributed by atoms with Gasteiger partial charge in [-0.05, 0) is 47.5 Å². The van der Waals surface area contributed by atoms with Crippen molar-refractivity contribution >= 4 is 22.7 Å². The van der Waals surface area contributed by atoms with Crippen molar-refractivity contribution in [3.63, 3.8) is 0 Å². The maximum Gasteiger partial charge on any atom is 0.262 e. The van der Waals surface area contributed by atoms with E-state index in [1.165, 1.54) is 23.9 Å². The third-order valence-electron chi connectivity index (χ3n) is 4.87. The van der Waals surface area contributed by atoms with Gasteiger partial charge in [-0.3, -0.25) is 9.36 Å². The number of thioether (sulfide) groups is 1. The Morgan fingerprint density at radius 1 is 0.935 bits per heavy atom. The third kappa shape index (κ3) is 4.56. The van der Waals surface area contributed by atoms with Gasteiger partial charge < -0.3 is 9.47 Å². The normalized spacial score (nSPS) is 10.9. The summed E-state index contributed by atoms with van der Waals surface area (Å²) >= 11 is 1.40. The van der Waals surface area contributed by atoms with Crippen molar-refractivity contribution in [1.29, 1.82) is 0 Å². The van der Waals surface area contributed by atoms with E-state index in [0.717, 1.165) is 11.1 Å². The molecule has 0 amide bonds. The molecule has 4 aromatic rings. The number of hydrogen-bond acceptors (Lipinski definition) is 5. The fraction of sp³-hybridized carbons (Fsp3) is 0.167. The van der Waals surface area contributed by atoms with Crippen molar-refractivity contribution in [2.24, 2.45) is 0 Å². The number of ether oxygens (including phenoxy) is 2. The van der Waals surface area contributed by atoms with Crippen LogP contribution in [0.4, 0.5) is 4.39 Å². The number of para-hydroxylation sites is 1. The first-order valence-corrected chi connectivity index (χ1v) is 10.7. The van der Waals surface area contributed by atoms with Gasteiger partial charge in [-0.15, -0.1) is 0 Å². The third-order valence-corrected chi connectivity index (χ3v) is 5.92. The van der Waals surface area contributed by atoms with E-state index in [2.05, 4.69) is 0 Å². The van der Waals surface area contributed by atoms with Gasteiger partial charge in [0.15, 0.2) is 16.7 Å². The summed E-state index contributed by atoms with van der Waals surface area (Å²) < 4.78 is 25.9. The number of fused-ring (bicyclic) bond motifs is 1. The summed E-state index contributed by atoms with van der Waals surface area (Å²) in [6.07, 6.45) is 0. The molecule has 31 heavy (non-hydrogen) atoms. The van der Waals surface area contributed by atoms with Gasteiger partial charge in [-0.2, -0.15) is 0 Å². The van der Waals surface area contributed by atoms with Gasteiger partial charge in [0.1, 0.15) is 5.82 Å². The maximum atomic E-state index is 13.6. The summed E-state index contributed by atoms with van der Waals surface area (Å²) in [6, 6.07) is 19.3. The van der Waals surface area contributed by atoms with Crippen LogP contribution in [0.1, 0.15) is 11.1 Å². The van der Waals surface area contributed by atoms with Crippen LogP contribution in [-0.2, 0) is 12.3 Å². The molecule has 7 heteroatoms. The zero-order valence-corrected chi connectivity index (χ0v) is 18.0. The number of methoxy groups -OCH3 is 2. The van der Waals surface area contributed by atoms with Crippen LogP contribution in [0.15, 0.2) is 76.7 Å². The molecule has 3 aromatic carbocycles. The number of aromatic nitrogens is 2. The molecule has 0 spiro atoms. The van der Waals surface area contributed by atoms with Crippen LogP contribution in [0, 0.1) is 5.82 Å². The Labute approximate surface area is 183 Å².